The van der Waals surface area contributed by atoms with Crippen LogP contribution < -0.4 is 59.1 Å². The van der Waals surface area contributed by atoms with Crippen LogP contribution in [0.3, 0.4) is 0 Å². The Balaban J connectivity index is 1.15. The Hall–Kier alpha value is -6.98. The Kier molecular flexibility index (Phi) is 19.2. The first kappa shape index (κ1) is 60.0. The second kappa shape index (κ2) is 28.2. The Labute approximate surface area is 525 Å². The summed E-state index contributed by atoms with van der Waals surface area (Å²) in [5.74, 6) is 6.35. The van der Waals surface area contributed by atoms with Crippen LogP contribution in [0.2, 0.25) is 0 Å². The average molecular weight is 1210 g/mol. The van der Waals surface area contributed by atoms with Crippen molar-refractivity contribution in [3.8, 4) is 46.0 Å². The highest BCUT2D eigenvalue weighted by molar-refractivity contribution is 7.72. The van der Waals surface area contributed by atoms with Gasteiger partial charge in [0.2, 0.25) is 27.2 Å². The lowest BCUT2D eigenvalue weighted by molar-refractivity contribution is 0.0969. The maximum atomic E-state index is 7.31. The molecule has 8 aromatic rings. The fourth-order valence-corrected chi connectivity index (χ4v) is 19.3. The summed E-state index contributed by atoms with van der Waals surface area (Å²) in [6.45, 7) is 9.32. The molecule has 0 fully saturated rings. The van der Waals surface area contributed by atoms with Gasteiger partial charge in [-0.1, -0.05) is 226 Å². The molecule has 13 rings (SSSR count). The summed E-state index contributed by atoms with van der Waals surface area (Å²) in [4.78, 5) is 0. The van der Waals surface area contributed by atoms with Crippen molar-refractivity contribution in [2.75, 3.05) is 27.2 Å². The van der Waals surface area contributed by atoms with Crippen LogP contribution in [-0.4, -0.2) is 27.2 Å². The van der Waals surface area contributed by atoms with Crippen molar-refractivity contribution in [1.82, 2.24) is 0 Å². The summed E-state index contributed by atoms with van der Waals surface area (Å²) >= 11 is 0. The van der Waals surface area contributed by atoms with Crippen molar-refractivity contribution in [3.05, 3.63) is 213 Å². The van der Waals surface area contributed by atoms with Crippen LogP contribution in [-0.2, 0) is 12.3 Å². The molecule has 0 saturated heterocycles. The molecule has 0 aromatic heterocycles. The minimum atomic E-state index is -0.951. The van der Waals surface area contributed by atoms with E-state index in [1.807, 2.05) is 0 Å². The lowest BCUT2D eigenvalue weighted by Crippen LogP contribution is -2.24. The van der Waals surface area contributed by atoms with E-state index in [4.69, 9.17) is 37.9 Å². The number of rotatable bonds is 24. The smallest absolute Gasteiger partial charge is 0.230 e. The molecule has 1 aliphatic carbocycles. The lowest BCUT2D eigenvalue weighted by Gasteiger charge is -2.37. The van der Waals surface area contributed by atoms with E-state index in [2.05, 4.69) is 185 Å². The molecule has 0 N–H and O–H groups in total. The van der Waals surface area contributed by atoms with Gasteiger partial charge in [-0.3, -0.25) is 0 Å². The SMILES string of the molecule is CCCCCC1c2cc3c4cc2OCOc2c1cc1c(c2CP(c2ccccc2)c2ccccc2)OCOc2cc5c(cc2C1CCCCC)C(CCCCC)c1cc(c(c(CP(c2ccccc2)c2ccccc2)c1OCO5)OCO4)C3CCCCC. The Morgan fingerprint density at radius 3 is 0.761 bits per heavy atom. The maximum Gasteiger partial charge on any atom is 0.230 e. The van der Waals surface area contributed by atoms with Gasteiger partial charge in [0, 0.05) is 104 Å². The van der Waals surface area contributed by atoms with Crippen molar-refractivity contribution < 1.29 is 37.9 Å². The standard InChI is InChI=1S/C78H86O8P2/c1-5-9-17-37-57-61-41-62-58(38-18-10-6-2)67-44-68-60(40-20-12-8-4)64-42-63-59(39-19-11-7-3)66-43-65(57)75-69(47-87(53-29-21-13-22-30-53)54-31-23-14-24-32-54)76(66)84-51-81-73(63)46-74(64)82-52-86-78(68)70(77(67)85-50-80-72(62)45-71(61)79-49-83-75)48-88(55-33-25-15-26-34-55)56-35-27-16-28-36-56/h13-16,21-36,41-46,57-60H,5-12,17-20,37-40,47-52H2,1-4H3. The average Bonchev–Trinajstić information content (AvgIpc) is 1.14. The molecule has 4 atom stereocenters. The predicted octanol–water partition coefficient (Wildman–Crippen LogP) is 19.0. The summed E-state index contributed by atoms with van der Waals surface area (Å²) in [6, 6.07) is 58.9. The molecular formula is C78H86O8P2. The van der Waals surface area contributed by atoms with Gasteiger partial charge in [-0.2, -0.15) is 0 Å². The number of unbranched alkanes of at least 4 members (excludes halogenated alkanes) is 8. The van der Waals surface area contributed by atoms with Crippen LogP contribution in [0.25, 0.3) is 0 Å². The van der Waals surface area contributed by atoms with E-state index in [1.165, 1.54) is 65.7 Å². The number of ether oxygens (including phenoxy) is 8. The molecule has 456 valence electrons. The lowest BCUT2D eigenvalue weighted by atomic mass is 9.75. The van der Waals surface area contributed by atoms with Crippen LogP contribution in [0.4, 0.5) is 0 Å². The van der Waals surface area contributed by atoms with Gasteiger partial charge < -0.3 is 37.9 Å². The maximum absolute atomic E-state index is 7.31. The summed E-state index contributed by atoms with van der Waals surface area (Å²) in [5.41, 5.74) is 11.7. The molecule has 4 unspecified atom stereocenters. The number of benzene rings is 8. The zero-order valence-corrected chi connectivity index (χ0v) is 53.8. The van der Waals surface area contributed by atoms with Gasteiger partial charge in [0.25, 0.3) is 0 Å². The minimum absolute atomic E-state index is 0.0201. The Morgan fingerprint density at radius 1 is 0.284 bits per heavy atom. The van der Waals surface area contributed by atoms with Crippen LogP contribution in [0.5, 0.6) is 46.0 Å². The fourth-order valence-electron chi connectivity index (χ4n) is 14.6. The summed E-state index contributed by atoms with van der Waals surface area (Å²) in [5, 5.41) is 5.22. The Morgan fingerprint density at radius 2 is 0.523 bits per heavy atom. The van der Waals surface area contributed by atoms with Crippen molar-refractivity contribution in [1.29, 1.82) is 0 Å². The molecule has 4 heterocycles. The zero-order valence-electron chi connectivity index (χ0n) is 52.0. The van der Waals surface area contributed by atoms with Crippen LogP contribution in [0, 0.1) is 0 Å². The molecule has 0 amide bonds. The normalized spacial score (nSPS) is 17.5. The third-order valence-electron chi connectivity index (χ3n) is 19.0. The molecule has 0 radical (unpaired) electrons. The fraction of sp³-hybridized carbons (Fsp3) is 0.385. The molecule has 4 aliphatic heterocycles. The molecular weight excluding hydrogens is 1130 g/mol. The van der Waals surface area contributed by atoms with Crippen LogP contribution >= 0.6 is 15.8 Å². The number of hydrogen-bond acceptors (Lipinski definition) is 8. The third-order valence-corrected chi connectivity index (χ3v) is 24.0. The molecule has 8 aromatic carbocycles. The summed E-state index contributed by atoms with van der Waals surface area (Å²) in [7, 11) is -1.90. The van der Waals surface area contributed by atoms with Gasteiger partial charge in [-0.25, -0.2) is 0 Å². The van der Waals surface area contributed by atoms with E-state index >= 15 is 0 Å². The molecule has 88 heavy (non-hydrogen) atoms. The first-order valence-corrected chi connectivity index (χ1v) is 36.1. The Bertz CT molecular complexity index is 3190. The number of hydrogen-bond donors (Lipinski definition) is 0. The third kappa shape index (κ3) is 12.4. The van der Waals surface area contributed by atoms with Crippen molar-refractivity contribution in [2.24, 2.45) is 0 Å². The van der Waals surface area contributed by atoms with Gasteiger partial charge in [0.15, 0.2) is 0 Å². The van der Waals surface area contributed by atoms with Gasteiger partial charge >= 0.3 is 0 Å². The van der Waals surface area contributed by atoms with Crippen LogP contribution in [0.15, 0.2) is 158 Å². The highest BCUT2D eigenvalue weighted by Gasteiger charge is 2.41. The second-order valence-corrected chi connectivity index (χ2v) is 29.0. The molecule has 10 heteroatoms. The molecule has 0 saturated carbocycles. The topological polar surface area (TPSA) is 73.8 Å². The molecule has 8 nitrogen and oxygen atoms in total. The molecule has 5 aliphatic rings. The van der Waals surface area contributed by atoms with Gasteiger partial charge in [0.1, 0.15) is 46.0 Å². The molecule has 8 bridgehead atoms. The van der Waals surface area contributed by atoms with E-state index in [0.29, 0.717) is 12.3 Å². The van der Waals surface area contributed by atoms with Gasteiger partial charge in [0.05, 0.1) is 0 Å². The van der Waals surface area contributed by atoms with E-state index in [1.54, 1.807) is 0 Å². The van der Waals surface area contributed by atoms with E-state index in [0.717, 1.165) is 160 Å². The van der Waals surface area contributed by atoms with E-state index in [9.17, 15) is 0 Å². The minimum Gasteiger partial charge on any atom is -0.457 e. The first-order chi connectivity index (χ1) is 43.5. The summed E-state index contributed by atoms with van der Waals surface area (Å²) < 4.78 is 57.5. The largest absolute Gasteiger partial charge is 0.457 e. The van der Waals surface area contributed by atoms with Crippen molar-refractivity contribution in [2.45, 2.75) is 166 Å². The second-order valence-electron chi connectivity index (χ2n) is 24.6. The van der Waals surface area contributed by atoms with Crippen LogP contribution in [0.1, 0.15) is 210 Å². The van der Waals surface area contributed by atoms with Gasteiger partial charge in [-0.05, 0) is 87.0 Å². The molecule has 0 spiro atoms. The highest BCUT2D eigenvalue weighted by Crippen LogP contribution is 2.59. The van der Waals surface area contributed by atoms with Crippen molar-refractivity contribution >= 4 is 37.1 Å². The highest BCUT2D eigenvalue weighted by atomic mass is 31.1. The first-order valence-electron chi connectivity index (χ1n) is 33.1. The van der Waals surface area contributed by atoms with E-state index < -0.39 is 15.8 Å². The monoisotopic (exact) mass is 1210 g/mol. The quantitative estimate of drug-likeness (QED) is 0.0438. The van der Waals surface area contributed by atoms with E-state index in [-0.39, 0.29) is 50.8 Å². The zero-order chi connectivity index (χ0) is 59.8. The predicted molar refractivity (Wildman–Crippen MR) is 360 cm³/mol. The summed E-state index contributed by atoms with van der Waals surface area (Å²) in [6.07, 6.45) is 18.0. The van der Waals surface area contributed by atoms with Gasteiger partial charge in [-0.15, -0.1) is 0 Å². The van der Waals surface area contributed by atoms with Crippen molar-refractivity contribution in [3.63, 3.8) is 0 Å².